The molecule has 1 aliphatic heterocycles. The average Bonchev–Trinajstić information content (AvgIpc) is 2.59. The van der Waals surface area contributed by atoms with Crippen molar-refractivity contribution in [1.82, 2.24) is 9.21 Å². The van der Waals surface area contributed by atoms with Crippen LogP contribution in [-0.4, -0.2) is 50.2 Å². The molecule has 5 nitrogen and oxygen atoms in total. The molecule has 0 bridgehead atoms. The Morgan fingerprint density at radius 2 is 2.12 bits per heavy atom. The van der Waals surface area contributed by atoms with E-state index in [4.69, 9.17) is 11.6 Å². The first-order chi connectivity index (χ1) is 11.8. The summed E-state index contributed by atoms with van der Waals surface area (Å²) in [5.41, 5.74) is 0.353. The van der Waals surface area contributed by atoms with Gasteiger partial charge in [-0.05, 0) is 43.4 Å². The third-order valence-electron chi connectivity index (χ3n) is 4.61. The van der Waals surface area contributed by atoms with Gasteiger partial charge in [-0.3, -0.25) is 4.79 Å². The molecule has 2 rings (SSSR count). The number of piperidine rings is 1. The topological polar surface area (TPSA) is 57.7 Å². The second-order valence-corrected chi connectivity index (χ2v) is 9.15. The standard InChI is InChI=1S/C18H27ClN2O3S/c1-4-5-10-20(3)18(22)15-8-9-16(19)17(12-15)25(23,24)21-11-6-7-14(2)13-21/h8-9,12,14H,4-7,10-11,13H2,1-3H3. The summed E-state index contributed by atoms with van der Waals surface area (Å²) in [5.74, 6) is 0.140. The predicted octanol–water partition coefficient (Wildman–Crippen LogP) is 3.63. The second kappa shape index (κ2) is 8.52. The van der Waals surface area contributed by atoms with Gasteiger partial charge in [0, 0.05) is 32.2 Å². The van der Waals surface area contributed by atoms with Crippen LogP contribution >= 0.6 is 11.6 Å². The maximum atomic E-state index is 13.0. The third-order valence-corrected chi connectivity index (χ3v) is 6.96. The summed E-state index contributed by atoms with van der Waals surface area (Å²) in [6, 6.07) is 4.51. The van der Waals surface area contributed by atoms with Crippen molar-refractivity contribution in [2.24, 2.45) is 5.92 Å². The van der Waals surface area contributed by atoms with E-state index in [2.05, 4.69) is 6.92 Å². The zero-order valence-electron chi connectivity index (χ0n) is 15.2. The number of unbranched alkanes of at least 4 members (excludes halogenated alkanes) is 1. The van der Waals surface area contributed by atoms with E-state index in [1.54, 1.807) is 18.0 Å². The number of amides is 1. The quantitative estimate of drug-likeness (QED) is 0.750. The molecule has 0 spiro atoms. The molecule has 1 amide bonds. The fraction of sp³-hybridized carbons (Fsp3) is 0.611. The minimum atomic E-state index is -3.69. The highest BCUT2D eigenvalue weighted by Crippen LogP contribution is 2.29. The largest absolute Gasteiger partial charge is 0.342 e. The zero-order valence-corrected chi connectivity index (χ0v) is 16.7. The maximum absolute atomic E-state index is 13.0. The van der Waals surface area contributed by atoms with Crippen LogP contribution in [0.1, 0.15) is 49.9 Å². The van der Waals surface area contributed by atoms with Gasteiger partial charge >= 0.3 is 0 Å². The highest BCUT2D eigenvalue weighted by molar-refractivity contribution is 7.89. The van der Waals surface area contributed by atoms with E-state index in [9.17, 15) is 13.2 Å². The normalized spacial score (nSPS) is 19.0. The van der Waals surface area contributed by atoms with Gasteiger partial charge in [0.25, 0.3) is 5.91 Å². The van der Waals surface area contributed by atoms with Crippen molar-refractivity contribution < 1.29 is 13.2 Å². The second-order valence-electron chi connectivity index (χ2n) is 6.84. The van der Waals surface area contributed by atoms with Crippen molar-refractivity contribution in [2.45, 2.75) is 44.4 Å². The zero-order chi connectivity index (χ0) is 18.6. The molecule has 0 radical (unpaired) electrons. The van der Waals surface area contributed by atoms with Crippen LogP contribution in [0.25, 0.3) is 0 Å². The van der Waals surface area contributed by atoms with E-state index >= 15 is 0 Å². The fourth-order valence-electron chi connectivity index (χ4n) is 3.05. The van der Waals surface area contributed by atoms with Crippen LogP contribution in [-0.2, 0) is 10.0 Å². The lowest BCUT2D eigenvalue weighted by Crippen LogP contribution is -2.39. The summed E-state index contributed by atoms with van der Waals surface area (Å²) in [5, 5.41) is 0.158. The molecule has 140 valence electrons. The Kier molecular flexibility index (Phi) is 6.88. The number of carbonyl (C=O) groups is 1. The van der Waals surface area contributed by atoms with Crippen LogP contribution in [0.5, 0.6) is 0 Å². The molecule has 1 heterocycles. The first-order valence-corrected chi connectivity index (χ1v) is 10.6. The molecular weight excluding hydrogens is 360 g/mol. The summed E-state index contributed by atoms with van der Waals surface area (Å²) in [6.45, 7) is 5.74. The third kappa shape index (κ3) is 4.74. The van der Waals surface area contributed by atoms with E-state index in [-0.39, 0.29) is 15.8 Å². The van der Waals surface area contributed by atoms with Crippen molar-refractivity contribution in [1.29, 1.82) is 0 Å². The van der Waals surface area contributed by atoms with E-state index < -0.39 is 10.0 Å². The Bertz CT molecular complexity index is 721. The van der Waals surface area contributed by atoms with Gasteiger partial charge in [-0.2, -0.15) is 4.31 Å². The summed E-state index contributed by atoms with van der Waals surface area (Å²) < 4.78 is 27.5. The summed E-state index contributed by atoms with van der Waals surface area (Å²) in [7, 11) is -1.96. The number of halogens is 1. The van der Waals surface area contributed by atoms with Gasteiger partial charge in [0.1, 0.15) is 4.90 Å². The Morgan fingerprint density at radius 3 is 2.76 bits per heavy atom. The van der Waals surface area contributed by atoms with Crippen molar-refractivity contribution >= 4 is 27.5 Å². The lowest BCUT2D eigenvalue weighted by molar-refractivity contribution is 0.0793. The first kappa shape index (κ1) is 20.2. The average molecular weight is 387 g/mol. The van der Waals surface area contributed by atoms with E-state index in [0.717, 1.165) is 25.7 Å². The molecule has 7 heteroatoms. The monoisotopic (exact) mass is 386 g/mol. The molecular formula is C18H27ClN2O3S. The van der Waals surface area contributed by atoms with Crippen molar-refractivity contribution in [2.75, 3.05) is 26.7 Å². The van der Waals surface area contributed by atoms with E-state index in [1.165, 1.54) is 16.4 Å². The molecule has 0 aliphatic carbocycles. The lowest BCUT2D eigenvalue weighted by Gasteiger charge is -2.30. The van der Waals surface area contributed by atoms with Crippen LogP contribution < -0.4 is 0 Å². The predicted molar refractivity (Wildman–Crippen MR) is 100 cm³/mol. The Morgan fingerprint density at radius 1 is 1.40 bits per heavy atom. The van der Waals surface area contributed by atoms with E-state index in [0.29, 0.717) is 31.1 Å². The molecule has 1 fully saturated rings. The molecule has 1 unspecified atom stereocenters. The van der Waals surface area contributed by atoms with Gasteiger partial charge in [0.05, 0.1) is 5.02 Å². The number of rotatable bonds is 6. The van der Waals surface area contributed by atoms with Crippen LogP contribution in [0, 0.1) is 5.92 Å². The minimum Gasteiger partial charge on any atom is -0.342 e. The molecule has 1 saturated heterocycles. The van der Waals surface area contributed by atoms with Crippen LogP contribution in [0.2, 0.25) is 5.02 Å². The molecule has 0 N–H and O–H groups in total. The number of sulfonamides is 1. The molecule has 1 atom stereocenters. The highest BCUT2D eigenvalue weighted by Gasteiger charge is 2.31. The Labute approximate surface area is 156 Å². The van der Waals surface area contributed by atoms with Gasteiger partial charge in [-0.1, -0.05) is 31.9 Å². The smallest absolute Gasteiger partial charge is 0.253 e. The van der Waals surface area contributed by atoms with Gasteiger partial charge in [0.2, 0.25) is 10.0 Å². The number of carbonyl (C=O) groups excluding carboxylic acids is 1. The van der Waals surface area contributed by atoms with Gasteiger partial charge in [-0.25, -0.2) is 8.42 Å². The first-order valence-electron chi connectivity index (χ1n) is 8.82. The number of hydrogen-bond donors (Lipinski definition) is 0. The van der Waals surface area contributed by atoms with E-state index in [1.807, 2.05) is 6.92 Å². The summed E-state index contributed by atoms with van der Waals surface area (Å²) in [4.78, 5) is 14.2. The number of nitrogens with zero attached hydrogens (tertiary/aromatic N) is 2. The van der Waals surface area contributed by atoms with Crippen molar-refractivity contribution in [3.05, 3.63) is 28.8 Å². The molecule has 0 aromatic heterocycles. The molecule has 1 aromatic carbocycles. The molecule has 1 aromatic rings. The molecule has 25 heavy (non-hydrogen) atoms. The Hall–Kier alpha value is -1.11. The van der Waals surface area contributed by atoms with Gasteiger partial charge in [0.15, 0.2) is 0 Å². The molecule has 1 aliphatic rings. The minimum absolute atomic E-state index is 0.0259. The van der Waals surface area contributed by atoms with Crippen molar-refractivity contribution in [3.63, 3.8) is 0 Å². The van der Waals surface area contributed by atoms with Gasteiger partial charge in [-0.15, -0.1) is 0 Å². The fourth-order valence-corrected chi connectivity index (χ4v) is 5.15. The SMILES string of the molecule is CCCCN(C)C(=O)c1ccc(Cl)c(S(=O)(=O)N2CCCC(C)C2)c1. The van der Waals surface area contributed by atoms with Crippen molar-refractivity contribution in [3.8, 4) is 0 Å². The molecule has 0 saturated carbocycles. The highest BCUT2D eigenvalue weighted by atomic mass is 35.5. The number of hydrogen-bond acceptors (Lipinski definition) is 3. The maximum Gasteiger partial charge on any atom is 0.253 e. The summed E-state index contributed by atoms with van der Waals surface area (Å²) in [6.07, 6.45) is 3.77. The van der Waals surface area contributed by atoms with Crippen LogP contribution in [0.3, 0.4) is 0 Å². The summed E-state index contributed by atoms with van der Waals surface area (Å²) >= 11 is 6.17. The Balaban J connectivity index is 2.30. The van der Waals surface area contributed by atoms with Gasteiger partial charge < -0.3 is 4.90 Å². The number of benzene rings is 1. The van der Waals surface area contributed by atoms with Crippen LogP contribution in [0.15, 0.2) is 23.1 Å². The van der Waals surface area contributed by atoms with Crippen LogP contribution in [0.4, 0.5) is 0 Å². The lowest BCUT2D eigenvalue weighted by atomic mass is 10.0.